The van der Waals surface area contributed by atoms with Crippen molar-refractivity contribution in [1.82, 2.24) is 19.9 Å². The normalized spacial score (nSPS) is 14.2. The van der Waals surface area contributed by atoms with Crippen LogP contribution in [0.2, 0.25) is 0 Å². The second-order valence-electron chi connectivity index (χ2n) is 10.2. The molecule has 4 aromatic rings. The van der Waals surface area contributed by atoms with Crippen molar-refractivity contribution in [2.45, 2.75) is 44.3 Å². The van der Waals surface area contributed by atoms with E-state index in [-0.39, 0.29) is 18.4 Å². The molecule has 1 N–H and O–H groups in total. The minimum Gasteiger partial charge on any atom is -0.497 e. The molecular formula is C30H34N6O3. The van der Waals surface area contributed by atoms with Crippen LogP contribution in [0.1, 0.15) is 31.2 Å². The van der Waals surface area contributed by atoms with Gasteiger partial charge in [-0.05, 0) is 66.9 Å². The summed E-state index contributed by atoms with van der Waals surface area (Å²) in [4.78, 5) is 31.9. The molecule has 9 heteroatoms. The number of nitrogens with zero attached hydrogens (tertiary/aromatic N) is 5. The molecular weight excluding hydrogens is 492 g/mol. The van der Waals surface area contributed by atoms with E-state index in [0.29, 0.717) is 25.1 Å². The van der Waals surface area contributed by atoms with Gasteiger partial charge in [-0.2, -0.15) is 0 Å². The maximum absolute atomic E-state index is 14.1. The molecule has 9 nitrogen and oxygen atoms in total. The summed E-state index contributed by atoms with van der Waals surface area (Å²) in [6.07, 6.45) is 2.92. The zero-order valence-corrected chi connectivity index (χ0v) is 22.6. The lowest BCUT2D eigenvalue weighted by molar-refractivity contribution is -0.147. The number of hydrogen-bond donors (Lipinski definition) is 1. The molecule has 39 heavy (non-hydrogen) atoms. The quantitative estimate of drug-likeness (QED) is 0.346. The molecule has 1 aliphatic carbocycles. The van der Waals surface area contributed by atoms with E-state index in [4.69, 9.17) is 4.74 Å². The number of fused-ring (bicyclic) bond motifs is 1. The van der Waals surface area contributed by atoms with Crippen molar-refractivity contribution in [1.29, 1.82) is 0 Å². The number of aromatic nitrogens is 3. The maximum Gasteiger partial charge on any atom is 0.250 e. The minimum atomic E-state index is -0.979. The number of benzene rings is 3. The first-order valence-corrected chi connectivity index (χ1v) is 13.2. The zero-order valence-electron chi connectivity index (χ0n) is 22.6. The van der Waals surface area contributed by atoms with Gasteiger partial charge in [-0.15, -0.1) is 5.10 Å². The Kier molecular flexibility index (Phi) is 7.49. The molecule has 1 aliphatic rings. The van der Waals surface area contributed by atoms with E-state index >= 15 is 0 Å². The third-order valence-corrected chi connectivity index (χ3v) is 7.52. The predicted molar refractivity (Wildman–Crippen MR) is 152 cm³/mol. The first kappa shape index (κ1) is 26.2. The standard InChI is InChI=1S/C30H34N6O3/c1-34(2)24-14-12-23(13-15-24)31-29(38)30(18-6-7-19-30)35(20-22-10-16-25(39-3)17-11-22)28(37)21-36-27-9-5-4-8-26(27)32-33-36/h4-5,8-17H,6-7,18-21H2,1-3H3,(H,31,38). The van der Waals surface area contributed by atoms with E-state index < -0.39 is 5.54 Å². The Labute approximate surface area is 228 Å². The van der Waals surface area contributed by atoms with Crippen LogP contribution in [0.15, 0.2) is 72.8 Å². The van der Waals surface area contributed by atoms with Crippen molar-refractivity contribution < 1.29 is 14.3 Å². The smallest absolute Gasteiger partial charge is 0.250 e. The topological polar surface area (TPSA) is 92.6 Å². The van der Waals surface area contributed by atoms with E-state index in [1.165, 1.54) is 0 Å². The fraction of sp³-hybridized carbons (Fsp3) is 0.333. The first-order valence-electron chi connectivity index (χ1n) is 13.2. The van der Waals surface area contributed by atoms with Gasteiger partial charge in [0.15, 0.2) is 0 Å². The third-order valence-electron chi connectivity index (χ3n) is 7.52. The fourth-order valence-corrected chi connectivity index (χ4v) is 5.31. The average Bonchev–Trinajstić information content (AvgIpc) is 3.61. The van der Waals surface area contributed by atoms with Crippen molar-refractivity contribution in [2.75, 3.05) is 31.4 Å². The second kappa shape index (κ2) is 11.1. The molecule has 5 rings (SSSR count). The molecule has 0 radical (unpaired) electrons. The number of hydrogen-bond acceptors (Lipinski definition) is 6. The van der Waals surface area contributed by atoms with Crippen LogP contribution in [-0.4, -0.2) is 58.5 Å². The lowest BCUT2D eigenvalue weighted by Gasteiger charge is -2.40. The van der Waals surface area contributed by atoms with Gasteiger partial charge in [-0.3, -0.25) is 9.59 Å². The van der Waals surface area contributed by atoms with Crippen LogP contribution in [0, 0.1) is 0 Å². The number of anilines is 2. The highest BCUT2D eigenvalue weighted by Crippen LogP contribution is 2.38. The number of carbonyl (C=O) groups excluding carboxylic acids is 2. The Balaban J connectivity index is 1.47. The molecule has 1 heterocycles. The maximum atomic E-state index is 14.1. The molecule has 0 unspecified atom stereocenters. The van der Waals surface area contributed by atoms with Gasteiger partial charge >= 0.3 is 0 Å². The highest BCUT2D eigenvalue weighted by atomic mass is 16.5. The van der Waals surface area contributed by atoms with E-state index in [2.05, 4.69) is 15.6 Å². The van der Waals surface area contributed by atoms with E-state index in [0.717, 1.165) is 40.9 Å². The van der Waals surface area contributed by atoms with Crippen LogP contribution < -0.4 is 15.0 Å². The molecule has 0 atom stereocenters. The largest absolute Gasteiger partial charge is 0.497 e. The van der Waals surface area contributed by atoms with E-state index in [9.17, 15) is 9.59 Å². The molecule has 1 fully saturated rings. The fourth-order valence-electron chi connectivity index (χ4n) is 5.31. The van der Waals surface area contributed by atoms with E-state index in [1.807, 2.05) is 91.8 Å². The van der Waals surface area contributed by atoms with E-state index in [1.54, 1.807) is 16.7 Å². The number of para-hydroxylation sites is 1. The summed E-state index contributed by atoms with van der Waals surface area (Å²) in [6, 6.07) is 22.9. The summed E-state index contributed by atoms with van der Waals surface area (Å²) in [5.74, 6) is 0.393. The average molecular weight is 527 g/mol. The molecule has 1 aromatic heterocycles. The van der Waals surface area contributed by atoms with Gasteiger partial charge in [0.05, 0.1) is 12.6 Å². The van der Waals surface area contributed by atoms with Gasteiger partial charge in [0.1, 0.15) is 23.3 Å². The zero-order chi connectivity index (χ0) is 27.4. The lowest BCUT2D eigenvalue weighted by atomic mass is 9.92. The van der Waals surface area contributed by atoms with Crippen LogP contribution in [0.25, 0.3) is 11.0 Å². The summed E-state index contributed by atoms with van der Waals surface area (Å²) in [6.45, 7) is 0.283. The lowest BCUT2D eigenvalue weighted by Crippen LogP contribution is -2.57. The Morgan fingerprint density at radius 1 is 0.974 bits per heavy atom. The summed E-state index contributed by atoms with van der Waals surface area (Å²) in [7, 11) is 5.57. The Morgan fingerprint density at radius 2 is 1.67 bits per heavy atom. The minimum absolute atomic E-state index is 0.0107. The van der Waals surface area contributed by atoms with Crippen molar-refractivity contribution in [2.24, 2.45) is 0 Å². The first-order chi connectivity index (χ1) is 18.9. The highest BCUT2D eigenvalue weighted by molar-refractivity contribution is 6.01. The Bertz CT molecular complexity index is 1440. The molecule has 0 aliphatic heterocycles. The molecule has 0 spiro atoms. The molecule has 2 amide bonds. The van der Waals surface area contributed by atoms with Gasteiger partial charge in [-0.1, -0.05) is 42.3 Å². The van der Waals surface area contributed by atoms with Gasteiger partial charge in [-0.25, -0.2) is 4.68 Å². The monoisotopic (exact) mass is 526 g/mol. The van der Waals surface area contributed by atoms with Crippen LogP contribution in [-0.2, 0) is 22.7 Å². The highest BCUT2D eigenvalue weighted by Gasteiger charge is 2.48. The SMILES string of the molecule is COc1ccc(CN(C(=O)Cn2nnc3ccccc32)C2(C(=O)Nc3ccc(N(C)C)cc3)CCCC2)cc1. The number of nitrogens with one attached hydrogen (secondary N) is 1. The molecule has 3 aromatic carbocycles. The number of methoxy groups -OCH3 is 1. The van der Waals surface area contributed by atoms with Crippen molar-refractivity contribution >= 4 is 34.2 Å². The third kappa shape index (κ3) is 5.43. The predicted octanol–water partition coefficient (Wildman–Crippen LogP) is 4.49. The molecule has 202 valence electrons. The number of carbonyl (C=O) groups is 2. The van der Waals surface area contributed by atoms with Gasteiger partial charge in [0, 0.05) is 32.0 Å². The van der Waals surface area contributed by atoms with Crippen LogP contribution in [0.3, 0.4) is 0 Å². The van der Waals surface area contributed by atoms with Gasteiger partial charge in [0.2, 0.25) is 11.8 Å². The molecule has 0 saturated heterocycles. The second-order valence-corrected chi connectivity index (χ2v) is 10.2. The summed E-state index contributed by atoms with van der Waals surface area (Å²) >= 11 is 0. The summed E-state index contributed by atoms with van der Waals surface area (Å²) < 4.78 is 6.92. The number of ether oxygens (including phenoxy) is 1. The van der Waals surface area contributed by atoms with Crippen LogP contribution >= 0.6 is 0 Å². The Morgan fingerprint density at radius 3 is 2.33 bits per heavy atom. The number of amides is 2. The van der Waals surface area contributed by atoms with Crippen molar-refractivity contribution in [3.63, 3.8) is 0 Å². The van der Waals surface area contributed by atoms with Gasteiger partial charge < -0.3 is 19.9 Å². The Hall–Kier alpha value is -4.40. The summed E-state index contributed by atoms with van der Waals surface area (Å²) in [5, 5.41) is 11.5. The van der Waals surface area contributed by atoms with Crippen molar-refractivity contribution in [3.05, 3.63) is 78.4 Å². The molecule has 0 bridgehead atoms. The van der Waals surface area contributed by atoms with Crippen LogP contribution in [0.4, 0.5) is 11.4 Å². The number of rotatable bonds is 9. The van der Waals surface area contributed by atoms with Crippen molar-refractivity contribution in [3.8, 4) is 5.75 Å². The summed E-state index contributed by atoms with van der Waals surface area (Å²) in [5.41, 5.74) is 3.19. The molecule has 1 saturated carbocycles. The van der Waals surface area contributed by atoms with Gasteiger partial charge in [0.25, 0.3) is 0 Å². The van der Waals surface area contributed by atoms with Crippen LogP contribution in [0.5, 0.6) is 5.75 Å².